The van der Waals surface area contributed by atoms with Crippen molar-refractivity contribution in [3.8, 4) is 11.3 Å². The number of hydrogen-bond acceptors (Lipinski definition) is 4. The lowest BCUT2D eigenvalue weighted by Crippen LogP contribution is -2.24. The number of amides is 2. The third kappa shape index (κ3) is 3.46. The van der Waals surface area contributed by atoms with Crippen LogP contribution >= 0.6 is 0 Å². The van der Waals surface area contributed by atoms with Gasteiger partial charge in [0.2, 0.25) is 5.91 Å². The molecule has 1 aromatic heterocycles. The Bertz CT molecular complexity index is 995. The average molecular weight is 361 g/mol. The maximum atomic E-state index is 12.5. The van der Waals surface area contributed by atoms with Gasteiger partial charge in [0.1, 0.15) is 0 Å². The van der Waals surface area contributed by atoms with Crippen LogP contribution in [0.1, 0.15) is 28.9 Å². The quantitative estimate of drug-likeness (QED) is 0.761. The van der Waals surface area contributed by atoms with E-state index in [1.807, 2.05) is 49.4 Å². The first-order valence-corrected chi connectivity index (χ1v) is 8.86. The summed E-state index contributed by atoms with van der Waals surface area (Å²) in [6.07, 6.45) is 1.47. The Morgan fingerprint density at radius 2 is 1.96 bits per heavy atom. The molecule has 1 saturated heterocycles. The summed E-state index contributed by atoms with van der Waals surface area (Å²) in [6, 6.07) is 16.6. The topological polar surface area (TPSA) is 75.4 Å². The van der Waals surface area contributed by atoms with Gasteiger partial charge in [0.15, 0.2) is 11.5 Å². The Hall–Kier alpha value is -3.41. The number of benzene rings is 2. The summed E-state index contributed by atoms with van der Waals surface area (Å²) in [5.41, 5.74) is 3.55. The molecule has 2 amide bonds. The highest BCUT2D eigenvalue weighted by Gasteiger charge is 2.23. The van der Waals surface area contributed by atoms with E-state index in [1.54, 1.807) is 17.0 Å². The van der Waals surface area contributed by atoms with E-state index in [0.29, 0.717) is 17.9 Å². The Balaban J connectivity index is 1.49. The van der Waals surface area contributed by atoms with Crippen LogP contribution in [0, 0.1) is 6.92 Å². The first kappa shape index (κ1) is 17.0. The van der Waals surface area contributed by atoms with Gasteiger partial charge < -0.3 is 14.7 Å². The van der Waals surface area contributed by atoms with Gasteiger partial charge in [0.25, 0.3) is 5.91 Å². The number of carbonyl (C=O) groups is 2. The van der Waals surface area contributed by atoms with E-state index in [9.17, 15) is 9.59 Å². The van der Waals surface area contributed by atoms with Crippen LogP contribution in [0.2, 0.25) is 0 Å². The molecule has 2 heterocycles. The summed E-state index contributed by atoms with van der Waals surface area (Å²) < 4.78 is 5.28. The van der Waals surface area contributed by atoms with Gasteiger partial charge in [0.05, 0.1) is 0 Å². The highest BCUT2D eigenvalue weighted by molar-refractivity contribution is 6.03. The summed E-state index contributed by atoms with van der Waals surface area (Å²) in [5.74, 6) is 0.344. The monoisotopic (exact) mass is 361 g/mol. The number of aryl methyl sites for hydroxylation is 1. The van der Waals surface area contributed by atoms with Gasteiger partial charge >= 0.3 is 0 Å². The molecule has 1 N–H and O–H groups in total. The van der Waals surface area contributed by atoms with Crippen molar-refractivity contribution in [3.63, 3.8) is 0 Å². The van der Waals surface area contributed by atoms with Crippen LogP contribution in [0.4, 0.5) is 11.4 Å². The molecule has 0 atom stereocenters. The Morgan fingerprint density at radius 3 is 2.67 bits per heavy atom. The van der Waals surface area contributed by atoms with Gasteiger partial charge in [-0.25, -0.2) is 0 Å². The lowest BCUT2D eigenvalue weighted by atomic mass is 10.1. The molecule has 1 fully saturated rings. The van der Waals surface area contributed by atoms with Crippen molar-refractivity contribution in [1.82, 2.24) is 5.16 Å². The number of nitrogens with zero attached hydrogens (tertiary/aromatic N) is 2. The molecule has 6 nitrogen and oxygen atoms in total. The van der Waals surface area contributed by atoms with E-state index in [1.165, 1.54) is 0 Å². The van der Waals surface area contributed by atoms with Gasteiger partial charge in [-0.1, -0.05) is 35.5 Å². The third-order valence-corrected chi connectivity index (χ3v) is 4.62. The van der Waals surface area contributed by atoms with E-state index >= 15 is 0 Å². The van der Waals surface area contributed by atoms with E-state index < -0.39 is 0 Å². The van der Waals surface area contributed by atoms with E-state index in [0.717, 1.165) is 29.8 Å². The Labute approximate surface area is 156 Å². The second-order valence-corrected chi connectivity index (χ2v) is 6.55. The van der Waals surface area contributed by atoms with E-state index in [4.69, 9.17) is 4.52 Å². The molecule has 0 aliphatic carbocycles. The number of rotatable bonds is 4. The number of hydrogen-bond donors (Lipinski definition) is 1. The minimum Gasteiger partial charge on any atom is -0.355 e. The SMILES string of the molecule is Cc1cc(NC(=O)c2cc(-c3ccccc3)on2)ccc1N1CCCC1=O. The molecule has 6 heteroatoms. The fraction of sp³-hybridized carbons (Fsp3) is 0.190. The number of anilines is 2. The second-order valence-electron chi connectivity index (χ2n) is 6.55. The zero-order valence-corrected chi connectivity index (χ0v) is 14.9. The zero-order valence-electron chi connectivity index (χ0n) is 14.9. The van der Waals surface area contributed by atoms with Gasteiger partial charge in [-0.2, -0.15) is 0 Å². The fourth-order valence-electron chi connectivity index (χ4n) is 3.25. The molecule has 0 radical (unpaired) electrons. The number of aromatic nitrogens is 1. The molecule has 0 saturated carbocycles. The van der Waals surface area contributed by atoms with Crippen LogP contribution in [0.5, 0.6) is 0 Å². The summed E-state index contributed by atoms with van der Waals surface area (Å²) in [6.45, 7) is 2.67. The molecular formula is C21H19N3O3. The van der Waals surface area contributed by atoms with Crippen LogP contribution in [0.3, 0.4) is 0 Å². The van der Waals surface area contributed by atoms with Crippen LogP contribution in [-0.2, 0) is 4.79 Å². The highest BCUT2D eigenvalue weighted by Crippen LogP contribution is 2.28. The molecular weight excluding hydrogens is 342 g/mol. The molecule has 3 aromatic rings. The fourth-order valence-corrected chi connectivity index (χ4v) is 3.25. The van der Waals surface area contributed by atoms with Crippen molar-refractivity contribution in [2.75, 3.05) is 16.8 Å². The predicted octanol–water partition coefficient (Wildman–Crippen LogP) is 4.03. The van der Waals surface area contributed by atoms with Crippen molar-refractivity contribution >= 4 is 23.2 Å². The lowest BCUT2D eigenvalue weighted by molar-refractivity contribution is -0.117. The van der Waals surface area contributed by atoms with Crippen molar-refractivity contribution in [3.05, 3.63) is 65.9 Å². The molecule has 4 rings (SSSR count). The Morgan fingerprint density at radius 1 is 1.15 bits per heavy atom. The van der Waals surface area contributed by atoms with Crippen LogP contribution < -0.4 is 10.2 Å². The minimum absolute atomic E-state index is 0.144. The summed E-state index contributed by atoms with van der Waals surface area (Å²) in [5, 5.41) is 6.69. The number of carbonyl (C=O) groups excluding carboxylic acids is 2. The first-order chi connectivity index (χ1) is 13.1. The van der Waals surface area contributed by atoms with Crippen molar-refractivity contribution < 1.29 is 14.1 Å². The Kier molecular flexibility index (Phi) is 4.46. The zero-order chi connectivity index (χ0) is 18.8. The van der Waals surface area contributed by atoms with Gasteiger partial charge in [0, 0.05) is 36.0 Å². The van der Waals surface area contributed by atoms with Crippen LogP contribution in [0.25, 0.3) is 11.3 Å². The highest BCUT2D eigenvalue weighted by atomic mass is 16.5. The molecule has 27 heavy (non-hydrogen) atoms. The minimum atomic E-state index is -0.342. The van der Waals surface area contributed by atoms with Crippen LogP contribution in [0.15, 0.2) is 59.1 Å². The molecule has 2 aromatic carbocycles. The molecule has 1 aliphatic rings. The lowest BCUT2D eigenvalue weighted by Gasteiger charge is -2.19. The molecule has 136 valence electrons. The number of nitrogens with one attached hydrogen (secondary N) is 1. The van der Waals surface area contributed by atoms with E-state index in [-0.39, 0.29) is 17.5 Å². The van der Waals surface area contributed by atoms with Gasteiger partial charge in [-0.3, -0.25) is 9.59 Å². The smallest absolute Gasteiger partial charge is 0.277 e. The van der Waals surface area contributed by atoms with Crippen LogP contribution in [-0.4, -0.2) is 23.5 Å². The normalized spacial score (nSPS) is 13.8. The largest absolute Gasteiger partial charge is 0.355 e. The third-order valence-electron chi connectivity index (χ3n) is 4.62. The molecule has 0 unspecified atom stereocenters. The van der Waals surface area contributed by atoms with Crippen molar-refractivity contribution in [1.29, 1.82) is 0 Å². The van der Waals surface area contributed by atoms with Crippen molar-refractivity contribution in [2.45, 2.75) is 19.8 Å². The molecule has 1 aliphatic heterocycles. The maximum absolute atomic E-state index is 12.5. The average Bonchev–Trinajstić information content (AvgIpc) is 3.32. The maximum Gasteiger partial charge on any atom is 0.277 e. The van der Waals surface area contributed by atoms with Crippen molar-refractivity contribution in [2.24, 2.45) is 0 Å². The first-order valence-electron chi connectivity index (χ1n) is 8.86. The summed E-state index contributed by atoms with van der Waals surface area (Å²) >= 11 is 0. The second kappa shape index (κ2) is 7.07. The van der Waals surface area contributed by atoms with Gasteiger partial charge in [-0.15, -0.1) is 0 Å². The molecule has 0 spiro atoms. The van der Waals surface area contributed by atoms with Gasteiger partial charge in [-0.05, 0) is 37.1 Å². The summed E-state index contributed by atoms with van der Waals surface area (Å²) in [4.78, 5) is 26.2. The molecule has 0 bridgehead atoms. The standard InChI is InChI=1S/C21H19N3O3/c1-14-12-16(9-10-18(14)24-11-5-8-20(24)25)22-21(26)17-13-19(27-23-17)15-6-3-2-4-7-15/h2-4,6-7,9-10,12-13H,5,8,11H2,1H3,(H,22,26). The predicted molar refractivity (Wildman–Crippen MR) is 103 cm³/mol. The van der Waals surface area contributed by atoms with E-state index in [2.05, 4.69) is 10.5 Å². The summed E-state index contributed by atoms with van der Waals surface area (Å²) in [7, 11) is 0.